The summed E-state index contributed by atoms with van der Waals surface area (Å²) in [5, 5.41) is 2.84. The van der Waals surface area contributed by atoms with Gasteiger partial charge in [-0.25, -0.2) is 4.98 Å². The van der Waals surface area contributed by atoms with E-state index in [1.165, 1.54) is 5.56 Å². The molecule has 1 saturated heterocycles. The maximum atomic E-state index is 12.2. The Balaban J connectivity index is 1.24. The molecule has 2 aromatic carbocycles. The number of carbonyl (C=O) groups excluding carboxylic acids is 1. The second kappa shape index (κ2) is 9.78. The van der Waals surface area contributed by atoms with Crippen LogP contribution in [-0.2, 0) is 27.2 Å². The van der Waals surface area contributed by atoms with E-state index in [-0.39, 0.29) is 25.1 Å². The van der Waals surface area contributed by atoms with Gasteiger partial charge in [0.05, 0.1) is 18.7 Å². The number of morpholine rings is 1. The molecule has 0 amide bonds. The molecule has 1 aliphatic rings. The van der Waals surface area contributed by atoms with Crippen molar-refractivity contribution in [2.24, 2.45) is 0 Å². The molecule has 1 unspecified atom stereocenters. The Hall–Kier alpha value is -2.54. The Morgan fingerprint density at radius 2 is 1.90 bits per heavy atom. The molecule has 1 fully saturated rings. The molecule has 0 saturated carbocycles. The predicted molar refractivity (Wildman–Crippen MR) is 114 cm³/mol. The summed E-state index contributed by atoms with van der Waals surface area (Å²) in [4.78, 5) is 19.1. The fourth-order valence-corrected chi connectivity index (χ4v) is 4.18. The molecular weight excluding hydrogens is 384 g/mol. The van der Waals surface area contributed by atoms with Gasteiger partial charge in [-0.1, -0.05) is 60.7 Å². The smallest absolute Gasteiger partial charge is 0.311 e. The first-order valence-electron chi connectivity index (χ1n) is 9.79. The van der Waals surface area contributed by atoms with Crippen LogP contribution in [0.3, 0.4) is 0 Å². The van der Waals surface area contributed by atoms with Gasteiger partial charge in [0.15, 0.2) is 0 Å². The van der Waals surface area contributed by atoms with Gasteiger partial charge < -0.3 is 9.47 Å². The molecule has 5 nitrogen and oxygen atoms in total. The number of ether oxygens (including phenoxy) is 2. The third-order valence-corrected chi connectivity index (χ3v) is 5.74. The van der Waals surface area contributed by atoms with Crippen molar-refractivity contribution in [3.63, 3.8) is 0 Å². The highest BCUT2D eigenvalue weighted by molar-refractivity contribution is 7.13. The lowest BCUT2D eigenvalue weighted by Gasteiger charge is -2.32. The lowest BCUT2D eigenvalue weighted by Crippen LogP contribution is -2.44. The SMILES string of the molecule is O=C(Cc1csc(-c2ccccc2)n1)OCC1CN(Cc2ccccc2)CCO1. The van der Waals surface area contributed by atoms with E-state index in [1.54, 1.807) is 11.3 Å². The standard InChI is InChI=1S/C23H24N2O3S/c26-22(13-20-17-29-23(24-20)19-9-5-2-6-10-19)28-16-21-15-25(11-12-27-21)14-18-7-3-1-4-8-18/h1-10,17,21H,11-16H2. The summed E-state index contributed by atoms with van der Waals surface area (Å²) < 4.78 is 11.2. The van der Waals surface area contributed by atoms with E-state index in [4.69, 9.17) is 9.47 Å². The molecule has 0 bridgehead atoms. The summed E-state index contributed by atoms with van der Waals surface area (Å²) >= 11 is 1.54. The van der Waals surface area contributed by atoms with Gasteiger partial charge in [0.25, 0.3) is 0 Å². The highest BCUT2D eigenvalue weighted by Crippen LogP contribution is 2.23. The molecule has 0 radical (unpaired) electrons. The second-order valence-corrected chi connectivity index (χ2v) is 7.94. The van der Waals surface area contributed by atoms with Crippen LogP contribution in [0.5, 0.6) is 0 Å². The van der Waals surface area contributed by atoms with Gasteiger partial charge in [0.1, 0.15) is 17.7 Å². The molecule has 150 valence electrons. The Kier molecular flexibility index (Phi) is 6.67. The van der Waals surface area contributed by atoms with Crippen molar-refractivity contribution in [3.8, 4) is 10.6 Å². The van der Waals surface area contributed by atoms with Crippen LogP contribution >= 0.6 is 11.3 Å². The lowest BCUT2D eigenvalue weighted by atomic mass is 10.2. The number of nitrogens with zero attached hydrogens (tertiary/aromatic N) is 2. The van der Waals surface area contributed by atoms with Crippen molar-refractivity contribution in [2.45, 2.75) is 19.1 Å². The van der Waals surface area contributed by atoms with E-state index in [1.807, 2.05) is 41.8 Å². The molecule has 0 N–H and O–H groups in total. The summed E-state index contributed by atoms with van der Waals surface area (Å²) in [7, 11) is 0. The van der Waals surface area contributed by atoms with E-state index in [2.05, 4.69) is 34.1 Å². The van der Waals surface area contributed by atoms with Crippen LogP contribution in [0, 0.1) is 0 Å². The van der Waals surface area contributed by atoms with Gasteiger partial charge in [-0.05, 0) is 5.56 Å². The average molecular weight is 409 g/mol. The number of hydrogen-bond donors (Lipinski definition) is 0. The largest absolute Gasteiger partial charge is 0.463 e. The zero-order chi connectivity index (χ0) is 19.9. The normalized spacial score (nSPS) is 17.2. The molecule has 1 aliphatic heterocycles. The van der Waals surface area contributed by atoms with Crippen molar-refractivity contribution >= 4 is 17.3 Å². The Bertz CT molecular complexity index is 914. The number of aromatic nitrogens is 1. The average Bonchev–Trinajstić information content (AvgIpc) is 3.22. The molecule has 0 aliphatic carbocycles. The highest BCUT2D eigenvalue weighted by atomic mass is 32.1. The zero-order valence-corrected chi connectivity index (χ0v) is 17.0. The third kappa shape index (κ3) is 5.73. The van der Waals surface area contributed by atoms with Crippen LogP contribution in [0.15, 0.2) is 66.0 Å². The van der Waals surface area contributed by atoms with Gasteiger partial charge >= 0.3 is 5.97 Å². The Labute approximate surface area is 174 Å². The van der Waals surface area contributed by atoms with E-state index < -0.39 is 0 Å². The first-order valence-corrected chi connectivity index (χ1v) is 10.7. The van der Waals surface area contributed by atoms with Crippen LogP contribution < -0.4 is 0 Å². The summed E-state index contributed by atoms with van der Waals surface area (Å²) in [6.45, 7) is 3.47. The van der Waals surface area contributed by atoms with Crippen LogP contribution in [0.2, 0.25) is 0 Å². The van der Waals surface area contributed by atoms with Crippen LogP contribution in [0.4, 0.5) is 0 Å². The fraction of sp³-hybridized carbons (Fsp3) is 0.304. The van der Waals surface area contributed by atoms with Crippen molar-refractivity contribution in [3.05, 3.63) is 77.3 Å². The van der Waals surface area contributed by atoms with Gasteiger partial charge in [-0.2, -0.15) is 0 Å². The predicted octanol–water partition coefficient (Wildman–Crippen LogP) is 3.80. The minimum absolute atomic E-state index is 0.0910. The second-order valence-electron chi connectivity index (χ2n) is 7.08. The minimum Gasteiger partial charge on any atom is -0.463 e. The molecule has 3 aromatic rings. The molecular formula is C23H24N2O3S. The third-order valence-electron chi connectivity index (χ3n) is 4.80. The first kappa shape index (κ1) is 19.8. The number of benzene rings is 2. The molecule has 6 heteroatoms. The van der Waals surface area contributed by atoms with Crippen LogP contribution in [-0.4, -0.2) is 48.3 Å². The lowest BCUT2D eigenvalue weighted by molar-refractivity contribution is -0.149. The highest BCUT2D eigenvalue weighted by Gasteiger charge is 2.22. The molecule has 29 heavy (non-hydrogen) atoms. The number of thiazole rings is 1. The first-order chi connectivity index (χ1) is 14.3. The van der Waals surface area contributed by atoms with Gasteiger partial charge in [0, 0.05) is 30.6 Å². The van der Waals surface area contributed by atoms with Gasteiger partial charge in [-0.15, -0.1) is 11.3 Å². The van der Waals surface area contributed by atoms with E-state index in [9.17, 15) is 4.79 Å². The van der Waals surface area contributed by atoms with E-state index in [0.717, 1.165) is 35.9 Å². The maximum Gasteiger partial charge on any atom is 0.311 e. The minimum atomic E-state index is -0.265. The molecule has 1 aromatic heterocycles. The zero-order valence-electron chi connectivity index (χ0n) is 16.2. The number of hydrogen-bond acceptors (Lipinski definition) is 6. The molecule has 1 atom stereocenters. The van der Waals surface area contributed by atoms with Crippen LogP contribution in [0.1, 0.15) is 11.3 Å². The quantitative estimate of drug-likeness (QED) is 0.557. The van der Waals surface area contributed by atoms with Gasteiger partial charge in [-0.3, -0.25) is 9.69 Å². The maximum absolute atomic E-state index is 12.2. The van der Waals surface area contributed by atoms with E-state index in [0.29, 0.717) is 6.61 Å². The summed E-state index contributed by atoms with van der Waals surface area (Å²) in [6.07, 6.45) is 0.0933. The fourth-order valence-electron chi connectivity index (χ4n) is 3.35. The number of rotatable bonds is 7. The Morgan fingerprint density at radius 1 is 1.14 bits per heavy atom. The van der Waals surface area contributed by atoms with Crippen molar-refractivity contribution in [1.82, 2.24) is 9.88 Å². The number of carbonyl (C=O) groups is 1. The van der Waals surface area contributed by atoms with Gasteiger partial charge in [0.2, 0.25) is 0 Å². The summed E-state index contributed by atoms with van der Waals surface area (Å²) in [5.74, 6) is -0.265. The molecule has 4 rings (SSSR count). The Morgan fingerprint density at radius 3 is 2.69 bits per heavy atom. The number of esters is 1. The van der Waals surface area contributed by atoms with Crippen molar-refractivity contribution in [1.29, 1.82) is 0 Å². The topological polar surface area (TPSA) is 51.7 Å². The summed E-state index contributed by atoms with van der Waals surface area (Å²) in [6, 6.07) is 20.4. The van der Waals surface area contributed by atoms with Crippen LogP contribution in [0.25, 0.3) is 10.6 Å². The molecule has 2 heterocycles. The monoisotopic (exact) mass is 408 g/mol. The van der Waals surface area contributed by atoms with Crippen molar-refractivity contribution < 1.29 is 14.3 Å². The molecule has 0 spiro atoms. The van der Waals surface area contributed by atoms with Crippen molar-refractivity contribution in [2.75, 3.05) is 26.3 Å². The van der Waals surface area contributed by atoms with E-state index >= 15 is 0 Å². The summed E-state index contributed by atoms with van der Waals surface area (Å²) in [5.41, 5.74) is 3.09.